The van der Waals surface area contributed by atoms with E-state index in [2.05, 4.69) is 10.1 Å². The van der Waals surface area contributed by atoms with Crippen LogP contribution in [-0.2, 0) is 9.53 Å². The van der Waals surface area contributed by atoms with Gasteiger partial charge in [-0.25, -0.2) is 4.79 Å². The highest BCUT2D eigenvalue weighted by Crippen LogP contribution is 2.08. The maximum Gasteiger partial charge on any atom is 0.409 e. The summed E-state index contributed by atoms with van der Waals surface area (Å²) in [6.07, 6.45) is 1.19. The molecule has 1 N–H and O–H groups in total. The summed E-state index contributed by atoms with van der Waals surface area (Å²) in [6.45, 7) is 7.69. The molecule has 0 unspecified atom stereocenters. The molecule has 0 aromatic rings. The van der Waals surface area contributed by atoms with E-state index in [9.17, 15) is 9.59 Å². The molecule has 1 fully saturated rings. The Balaban J connectivity index is 2.64. The zero-order chi connectivity index (χ0) is 16.0. The standard InChI is InChI=1S/C14H22N4O3/c1-14(2,3)16-12(19)11(9-15)10-17-5-7-18(8-6-17)13(20)21-4/h10H,5-8H2,1-4H3,(H,16,19)/b11-10-. The van der Waals surface area contributed by atoms with Crippen molar-refractivity contribution in [2.75, 3.05) is 33.3 Å². The number of ether oxygens (including phenoxy) is 1. The fraction of sp³-hybridized carbons (Fsp3) is 0.643. The highest BCUT2D eigenvalue weighted by Gasteiger charge is 2.22. The van der Waals surface area contributed by atoms with Gasteiger partial charge in [0.15, 0.2) is 0 Å². The number of rotatable bonds is 2. The number of methoxy groups -OCH3 is 1. The van der Waals surface area contributed by atoms with Crippen LogP contribution < -0.4 is 5.32 Å². The third-order valence-electron chi connectivity index (χ3n) is 2.91. The highest BCUT2D eigenvalue weighted by atomic mass is 16.5. The average molecular weight is 294 g/mol. The van der Waals surface area contributed by atoms with E-state index in [0.717, 1.165) is 0 Å². The van der Waals surface area contributed by atoms with Crippen LogP contribution in [0.4, 0.5) is 4.79 Å². The predicted octanol–water partition coefficient (Wildman–Crippen LogP) is 0.693. The highest BCUT2D eigenvalue weighted by molar-refractivity contribution is 5.97. The Hall–Kier alpha value is -2.23. The smallest absolute Gasteiger partial charge is 0.409 e. The molecule has 1 aliphatic rings. The van der Waals surface area contributed by atoms with Crippen LogP contribution in [0.25, 0.3) is 0 Å². The first-order valence-electron chi connectivity index (χ1n) is 6.78. The molecule has 1 aliphatic heterocycles. The lowest BCUT2D eigenvalue weighted by atomic mass is 10.1. The van der Waals surface area contributed by atoms with Gasteiger partial charge < -0.3 is 19.9 Å². The third kappa shape index (κ3) is 5.34. The molecule has 1 rings (SSSR count). The van der Waals surface area contributed by atoms with Gasteiger partial charge in [0.05, 0.1) is 7.11 Å². The molecular weight excluding hydrogens is 272 g/mol. The van der Waals surface area contributed by atoms with Gasteiger partial charge in [-0.2, -0.15) is 5.26 Å². The molecule has 0 saturated carbocycles. The van der Waals surface area contributed by atoms with Gasteiger partial charge in [-0.15, -0.1) is 0 Å². The van der Waals surface area contributed by atoms with E-state index in [4.69, 9.17) is 5.26 Å². The van der Waals surface area contributed by atoms with Crippen molar-refractivity contribution in [1.82, 2.24) is 15.1 Å². The molecule has 21 heavy (non-hydrogen) atoms. The van der Waals surface area contributed by atoms with Crippen LogP contribution in [0.2, 0.25) is 0 Å². The van der Waals surface area contributed by atoms with Crippen molar-refractivity contribution in [2.45, 2.75) is 26.3 Å². The Morgan fingerprint density at radius 3 is 2.24 bits per heavy atom. The van der Waals surface area contributed by atoms with Crippen molar-refractivity contribution >= 4 is 12.0 Å². The Morgan fingerprint density at radius 1 is 1.24 bits per heavy atom. The number of hydrogen-bond acceptors (Lipinski definition) is 5. The molecule has 0 aromatic carbocycles. The quantitative estimate of drug-likeness (QED) is 0.598. The largest absolute Gasteiger partial charge is 0.453 e. The topological polar surface area (TPSA) is 85.7 Å². The molecule has 116 valence electrons. The third-order valence-corrected chi connectivity index (χ3v) is 2.91. The molecule has 0 aromatic heterocycles. The molecular formula is C14H22N4O3. The Bertz CT molecular complexity index is 466. The van der Waals surface area contributed by atoms with Gasteiger partial charge in [0.1, 0.15) is 11.6 Å². The first-order valence-corrected chi connectivity index (χ1v) is 6.78. The number of hydrogen-bond donors (Lipinski definition) is 1. The monoisotopic (exact) mass is 294 g/mol. The molecule has 2 amide bonds. The van der Waals surface area contributed by atoms with E-state index in [1.165, 1.54) is 7.11 Å². The second-order valence-electron chi connectivity index (χ2n) is 5.85. The lowest BCUT2D eigenvalue weighted by molar-refractivity contribution is -0.118. The number of carbonyl (C=O) groups is 2. The van der Waals surface area contributed by atoms with Crippen LogP contribution in [0.1, 0.15) is 20.8 Å². The van der Waals surface area contributed by atoms with Crippen LogP contribution in [0.15, 0.2) is 11.8 Å². The van der Waals surface area contributed by atoms with Crippen molar-refractivity contribution in [1.29, 1.82) is 5.26 Å². The molecule has 0 aliphatic carbocycles. The Kier molecular flexibility index (Phi) is 5.59. The summed E-state index contributed by atoms with van der Waals surface area (Å²) in [5.41, 5.74) is -0.326. The van der Waals surface area contributed by atoms with E-state index in [1.54, 1.807) is 11.1 Å². The minimum Gasteiger partial charge on any atom is -0.453 e. The first kappa shape index (κ1) is 16.8. The fourth-order valence-electron chi connectivity index (χ4n) is 1.89. The molecule has 0 bridgehead atoms. The second-order valence-corrected chi connectivity index (χ2v) is 5.85. The van der Waals surface area contributed by atoms with E-state index in [1.807, 2.05) is 31.7 Å². The van der Waals surface area contributed by atoms with Gasteiger partial charge in [-0.3, -0.25) is 4.79 Å². The lowest BCUT2D eigenvalue weighted by Crippen LogP contribution is -2.47. The Labute approximate surface area is 125 Å². The predicted molar refractivity (Wildman–Crippen MR) is 77.1 cm³/mol. The van der Waals surface area contributed by atoms with Gasteiger partial charge in [-0.1, -0.05) is 0 Å². The molecule has 7 heteroatoms. The van der Waals surface area contributed by atoms with Crippen molar-refractivity contribution in [3.8, 4) is 6.07 Å². The van der Waals surface area contributed by atoms with Crippen LogP contribution in [-0.4, -0.2) is 60.6 Å². The first-order chi connectivity index (χ1) is 9.76. The number of nitrogens with one attached hydrogen (secondary N) is 1. The van der Waals surface area contributed by atoms with Crippen LogP contribution in [0.5, 0.6) is 0 Å². The van der Waals surface area contributed by atoms with Crippen LogP contribution in [0.3, 0.4) is 0 Å². The van der Waals surface area contributed by atoms with Gasteiger partial charge in [0.25, 0.3) is 5.91 Å². The summed E-state index contributed by atoms with van der Waals surface area (Å²) >= 11 is 0. The normalized spacial score (nSPS) is 16.2. The zero-order valence-corrected chi connectivity index (χ0v) is 13.0. The van der Waals surface area contributed by atoms with Crippen molar-refractivity contribution < 1.29 is 14.3 Å². The van der Waals surface area contributed by atoms with Gasteiger partial charge in [0, 0.05) is 37.9 Å². The molecule has 1 saturated heterocycles. The summed E-state index contributed by atoms with van der Waals surface area (Å²) < 4.78 is 4.66. The van der Waals surface area contributed by atoms with Gasteiger partial charge >= 0.3 is 6.09 Å². The van der Waals surface area contributed by atoms with Crippen LogP contribution in [0, 0.1) is 11.3 Å². The number of carbonyl (C=O) groups excluding carboxylic acids is 2. The SMILES string of the molecule is COC(=O)N1CCN(/C=C(/C#N)C(=O)NC(C)(C)C)CC1. The summed E-state index contributed by atoms with van der Waals surface area (Å²) in [5, 5.41) is 11.9. The number of nitrogens with zero attached hydrogens (tertiary/aromatic N) is 3. The summed E-state index contributed by atoms with van der Waals surface area (Å²) in [7, 11) is 1.35. The maximum absolute atomic E-state index is 12.0. The molecule has 1 heterocycles. The van der Waals surface area contributed by atoms with Gasteiger partial charge in [0.2, 0.25) is 0 Å². The summed E-state index contributed by atoms with van der Waals surface area (Å²) in [4.78, 5) is 26.8. The maximum atomic E-state index is 12.0. The average Bonchev–Trinajstić information content (AvgIpc) is 2.42. The van der Waals surface area contributed by atoms with E-state index < -0.39 is 5.54 Å². The van der Waals surface area contributed by atoms with E-state index in [-0.39, 0.29) is 17.6 Å². The molecule has 0 radical (unpaired) electrons. The number of piperazine rings is 1. The summed E-state index contributed by atoms with van der Waals surface area (Å²) in [5.74, 6) is -0.389. The molecule has 7 nitrogen and oxygen atoms in total. The van der Waals surface area contributed by atoms with E-state index in [0.29, 0.717) is 26.2 Å². The van der Waals surface area contributed by atoms with E-state index >= 15 is 0 Å². The van der Waals surface area contributed by atoms with Crippen molar-refractivity contribution in [2.24, 2.45) is 0 Å². The van der Waals surface area contributed by atoms with Crippen molar-refractivity contribution in [3.05, 3.63) is 11.8 Å². The lowest BCUT2D eigenvalue weighted by Gasteiger charge is -2.33. The van der Waals surface area contributed by atoms with Crippen molar-refractivity contribution in [3.63, 3.8) is 0 Å². The van der Waals surface area contributed by atoms with Crippen LogP contribution >= 0.6 is 0 Å². The minimum absolute atomic E-state index is 0.0662. The molecule has 0 atom stereocenters. The number of nitriles is 1. The zero-order valence-electron chi connectivity index (χ0n) is 13.0. The molecule has 0 spiro atoms. The number of amides is 2. The second kappa shape index (κ2) is 6.97. The fourth-order valence-corrected chi connectivity index (χ4v) is 1.89. The summed E-state index contributed by atoms with van der Waals surface area (Å²) in [6, 6.07) is 1.92. The Morgan fingerprint density at radius 2 is 1.81 bits per heavy atom. The van der Waals surface area contributed by atoms with Gasteiger partial charge in [-0.05, 0) is 20.8 Å². The minimum atomic E-state index is -0.392.